The summed E-state index contributed by atoms with van der Waals surface area (Å²) >= 11 is 0. The molecule has 0 heterocycles. The summed E-state index contributed by atoms with van der Waals surface area (Å²) in [6.45, 7) is 7.59. The van der Waals surface area contributed by atoms with Crippen molar-refractivity contribution in [1.82, 2.24) is 5.32 Å². The highest BCUT2D eigenvalue weighted by Gasteiger charge is 2.27. The molecule has 1 fully saturated rings. The molecule has 1 nitrogen and oxygen atoms in total. The second-order valence-electron chi connectivity index (χ2n) is 6.29. The zero-order chi connectivity index (χ0) is 13.8. The van der Waals surface area contributed by atoms with Crippen LogP contribution >= 0.6 is 0 Å². The van der Waals surface area contributed by atoms with Crippen LogP contribution in [0.3, 0.4) is 0 Å². The Morgan fingerprint density at radius 3 is 2.74 bits per heavy atom. The van der Waals surface area contributed by atoms with Crippen molar-refractivity contribution in [2.45, 2.75) is 52.5 Å². The van der Waals surface area contributed by atoms with Gasteiger partial charge < -0.3 is 5.32 Å². The molecule has 1 aliphatic carbocycles. The van der Waals surface area contributed by atoms with Crippen LogP contribution in [0.5, 0.6) is 0 Å². The first-order valence-electron chi connectivity index (χ1n) is 7.54. The van der Waals surface area contributed by atoms with Gasteiger partial charge in [0.15, 0.2) is 0 Å². The maximum absolute atomic E-state index is 13.4. The third kappa shape index (κ3) is 4.04. The molecule has 106 valence electrons. The van der Waals surface area contributed by atoms with Crippen molar-refractivity contribution in [3.8, 4) is 0 Å². The molecule has 2 rings (SSSR count). The Kier molecular flexibility index (Phi) is 4.98. The van der Waals surface area contributed by atoms with Crippen molar-refractivity contribution in [3.05, 3.63) is 35.1 Å². The molecule has 1 N–H and O–H groups in total. The summed E-state index contributed by atoms with van der Waals surface area (Å²) in [5.41, 5.74) is 2.42. The molecular weight excluding hydrogens is 237 g/mol. The first-order chi connectivity index (χ1) is 9.06. The molecule has 0 amide bonds. The van der Waals surface area contributed by atoms with Gasteiger partial charge in [-0.1, -0.05) is 26.3 Å². The standard InChI is InChI=1S/C17H26FN/c1-12(2)19-11-15-6-4-5-14(15)9-16-10-17(18)8-7-13(16)3/h7-8,10,12,14-15,19H,4-6,9,11H2,1-3H3. The molecule has 19 heavy (non-hydrogen) atoms. The van der Waals surface area contributed by atoms with Crippen LogP contribution in [0.2, 0.25) is 0 Å². The predicted molar refractivity (Wildman–Crippen MR) is 78.8 cm³/mol. The average Bonchev–Trinajstić information content (AvgIpc) is 2.79. The van der Waals surface area contributed by atoms with Crippen LogP contribution in [-0.2, 0) is 6.42 Å². The van der Waals surface area contributed by atoms with Gasteiger partial charge >= 0.3 is 0 Å². The van der Waals surface area contributed by atoms with E-state index >= 15 is 0 Å². The van der Waals surface area contributed by atoms with Gasteiger partial charge in [-0.3, -0.25) is 0 Å². The summed E-state index contributed by atoms with van der Waals surface area (Å²) in [6, 6.07) is 5.74. The lowest BCUT2D eigenvalue weighted by molar-refractivity contribution is 0.353. The molecule has 1 aromatic rings. The summed E-state index contributed by atoms with van der Waals surface area (Å²) in [7, 11) is 0. The van der Waals surface area contributed by atoms with Gasteiger partial charge in [0.25, 0.3) is 0 Å². The molecule has 1 aliphatic rings. The molecule has 1 saturated carbocycles. The minimum absolute atomic E-state index is 0.101. The molecule has 2 unspecified atom stereocenters. The minimum atomic E-state index is -0.101. The van der Waals surface area contributed by atoms with Crippen molar-refractivity contribution < 1.29 is 4.39 Å². The molecule has 0 saturated heterocycles. The van der Waals surface area contributed by atoms with E-state index in [9.17, 15) is 4.39 Å². The van der Waals surface area contributed by atoms with Crippen LogP contribution in [-0.4, -0.2) is 12.6 Å². The van der Waals surface area contributed by atoms with E-state index in [0.717, 1.165) is 18.9 Å². The fourth-order valence-electron chi connectivity index (χ4n) is 3.18. The lowest BCUT2D eigenvalue weighted by Gasteiger charge is -2.22. The number of rotatable bonds is 5. The Hall–Kier alpha value is -0.890. The van der Waals surface area contributed by atoms with E-state index < -0.39 is 0 Å². The Labute approximate surface area is 116 Å². The highest BCUT2D eigenvalue weighted by Crippen LogP contribution is 2.34. The summed E-state index contributed by atoms with van der Waals surface area (Å²) in [5, 5.41) is 3.56. The van der Waals surface area contributed by atoms with Crippen molar-refractivity contribution in [2.24, 2.45) is 11.8 Å². The van der Waals surface area contributed by atoms with E-state index in [-0.39, 0.29) is 5.82 Å². The maximum Gasteiger partial charge on any atom is 0.123 e. The van der Waals surface area contributed by atoms with Crippen molar-refractivity contribution in [1.29, 1.82) is 0 Å². The molecule has 1 aromatic carbocycles. The topological polar surface area (TPSA) is 12.0 Å². The van der Waals surface area contributed by atoms with Crippen LogP contribution < -0.4 is 5.32 Å². The van der Waals surface area contributed by atoms with Crippen LogP contribution in [0.25, 0.3) is 0 Å². The van der Waals surface area contributed by atoms with Gasteiger partial charge in [-0.15, -0.1) is 0 Å². The molecule has 2 atom stereocenters. The quantitative estimate of drug-likeness (QED) is 0.843. The largest absolute Gasteiger partial charge is 0.314 e. The van der Waals surface area contributed by atoms with Gasteiger partial charge in [-0.25, -0.2) is 4.39 Å². The van der Waals surface area contributed by atoms with E-state index in [1.807, 2.05) is 6.07 Å². The number of nitrogens with one attached hydrogen (secondary N) is 1. The van der Waals surface area contributed by atoms with Crippen molar-refractivity contribution >= 4 is 0 Å². The molecule has 0 spiro atoms. The van der Waals surface area contributed by atoms with E-state index in [1.54, 1.807) is 12.1 Å². The average molecular weight is 263 g/mol. The zero-order valence-electron chi connectivity index (χ0n) is 12.4. The number of hydrogen-bond acceptors (Lipinski definition) is 1. The molecule has 0 radical (unpaired) electrons. The predicted octanol–water partition coefficient (Wildman–Crippen LogP) is 4.09. The fraction of sp³-hybridized carbons (Fsp3) is 0.647. The van der Waals surface area contributed by atoms with E-state index in [1.165, 1.54) is 30.4 Å². The van der Waals surface area contributed by atoms with Gasteiger partial charge in [-0.05, 0) is 67.8 Å². The van der Waals surface area contributed by atoms with Gasteiger partial charge in [0.2, 0.25) is 0 Å². The Morgan fingerprint density at radius 1 is 1.26 bits per heavy atom. The first-order valence-corrected chi connectivity index (χ1v) is 7.54. The van der Waals surface area contributed by atoms with Crippen LogP contribution in [0.15, 0.2) is 18.2 Å². The molecular formula is C17H26FN. The van der Waals surface area contributed by atoms with Crippen molar-refractivity contribution in [2.75, 3.05) is 6.54 Å². The van der Waals surface area contributed by atoms with E-state index in [0.29, 0.717) is 12.0 Å². The number of benzene rings is 1. The molecule has 0 bridgehead atoms. The minimum Gasteiger partial charge on any atom is -0.314 e. The molecule has 0 aliphatic heterocycles. The van der Waals surface area contributed by atoms with E-state index in [4.69, 9.17) is 0 Å². The SMILES string of the molecule is Cc1ccc(F)cc1CC1CCCC1CNC(C)C. The van der Waals surface area contributed by atoms with Crippen LogP contribution in [0, 0.1) is 24.6 Å². The van der Waals surface area contributed by atoms with Gasteiger partial charge in [0.05, 0.1) is 0 Å². The third-order valence-corrected chi connectivity index (χ3v) is 4.40. The van der Waals surface area contributed by atoms with Gasteiger partial charge in [0, 0.05) is 6.04 Å². The van der Waals surface area contributed by atoms with Crippen molar-refractivity contribution in [3.63, 3.8) is 0 Å². The summed E-state index contributed by atoms with van der Waals surface area (Å²) in [5.74, 6) is 1.37. The lowest BCUT2D eigenvalue weighted by Crippen LogP contribution is -2.31. The highest BCUT2D eigenvalue weighted by molar-refractivity contribution is 5.27. The third-order valence-electron chi connectivity index (χ3n) is 4.40. The summed E-state index contributed by atoms with van der Waals surface area (Å²) in [6.07, 6.45) is 4.97. The lowest BCUT2D eigenvalue weighted by atomic mass is 9.88. The molecule has 0 aromatic heterocycles. The highest BCUT2D eigenvalue weighted by atomic mass is 19.1. The Balaban J connectivity index is 1.98. The second kappa shape index (κ2) is 6.51. The Bertz CT molecular complexity index is 414. The maximum atomic E-state index is 13.4. The van der Waals surface area contributed by atoms with Crippen LogP contribution in [0.1, 0.15) is 44.2 Å². The smallest absolute Gasteiger partial charge is 0.123 e. The number of aryl methyl sites for hydroxylation is 1. The second-order valence-corrected chi connectivity index (χ2v) is 6.29. The van der Waals surface area contributed by atoms with Gasteiger partial charge in [0.1, 0.15) is 5.82 Å². The summed E-state index contributed by atoms with van der Waals surface area (Å²) < 4.78 is 13.4. The van der Waals surface area contributed by atoms with E-state index in [2.05, 4.69) is 26.1 Å². The number of hydrogen-bond donors (Lipinski definition) is 1. The van der Waals surface area contributed by atoms with Gasteiger partial charge in [-0.2, -0.15) is 0 Å². The monoisotopic (exact) mass is 263 g/mol. The van der Waals surface area contributed by atoms with Crippen LogP contribution in [0.4, 0.5) is 4.39 Å². The number of halogens is 1. The normalized spacial score (nSPS) is 23.2. The fourth-order valence-corrected chi connectivity index (χ4v) is 3.18. The Morgan fingerprint density at radius 2 is 2.00 bits per heavy atom. The summed E-state index contributed by atoms with van der Waals surface area (Å²) in [4.78, 5) is 0. The molecule has 2 heteroatoms. The zero-order valence-corrected chi connectivity index (χ0v) is 12.4. The first kappa shape index (κ1) is 14.5.